The maximum absolute atomic E-state index is 12.3. The quantitative estimate of drug-likeness (QED) is 0.778. The highest BCUT2D eigenvalue weighted by Crippen LogP contribution is 2.16. The molecule has 7 heteroatoms. The van der Waals surface area contributed by atoms with Crippen molar-refractivity contribution in [3.8, 4) is 0 Å². The van der Waals surface area contributed by atoms with E-state index in [0.717, 1.165) is 18.8 Å². The van der Waals surface area contributed by atoms with Crippen LogP contribution in [0.3, 0.4) is 0 Å². The van der Waals surface area contributed by atoms with E-state index in [0.29, 0.717) is 30.8 Å². The van der Waals surface area contributed by atoms with Gasteiger partial charge >= 0.3 is 0 Å². The number of nitrogens with zero attached hydrogens (tertiary/aromatic N) is 2. The van der Waals surface area contributed by atoms with E-state index in [2.05, 4.69) is 27.0 Å². The van der Waals surface area contributed by atoms with Crippen LogP contribution in [0.1, 0.15) is 22.6 Å². The van der Waals surface area contributed by atoms with E-state index >= 15 is 0 Å². The highest BCUT2D eigenvalue weighted by Gasteiger charge is 2.21. The number of alkyl halides is 2. The molecule has 25 heavy (non-hydrogen) atoms. The number of nitrogens with one attached hydrogen (secondary N) is 1. The molecule has 0 aliphatic carbocycles. The van der Waals surface area contributed by atoms with E-state index < -0.39 is 13.0 Å². The lowest BCUT2D eigenvalue weighted by Crippen LogP contribution is -2.35. The van der Waals surface area contributed by atoms with Gasteiger partial charge in [0.1, 0.15) is 12.4 Å². The van der Waals surface area contributed by atoms with Gasteiger partial charge in [0.15, 0.2) is 0 Å². The Morgan fingerprint density at radius 1 is 1.28 bits per heavy atom. The topological polar surface area (TPSA) is 58.2 Å². The Balaban J connectivity index is 1.62. The molecule has 1 aromatic carbocycles. The predicted octanol–water partition coefficient (Wildman–Crippen LogP) is 2.15. The number of halogens is 2. The first-order valence-electron chi connectivity index (χ1n) is 8.35. The van der Waals surface area contributed by atoms with Crippen molar-refractivity contribution >= 4 is 0 Å². The number of H-pyrrole nitrogens is 1. The fourth-order valence-electron chi connectivity index (χ4n) is 2.97. The van der Waals surface area contributed by atoms with E-state index in [1.807, 2.05) is 18.2 Å². The van der Waals surface area contributed by atoms with Crippen molar-refractivity contribution in [2.24, 2.45) is 0 Å². The van der Waals surface area contributed by atoms with Crippen molar-refractivity contribution in [2.45, 2.75) is 32.4 Å². The van der Waals surface area contributed by atoms with Crippen molar-refractivity contribution in [2.75, 3.05) is 19.8 Å². The van der Waals surface area contributed by atoms with Gasteiger partial charge in [-0.25, -0.2) is 13.8 Å². The largest absolute Gasteiger partial charge is 0.375 e. The van der Waals surface area contributed by atoms with Gasteiger partial charge < -0.3 is 9.72 Å². The van der Waals surface area contributed by atoms with Crippen LogP contribution in [-0.2, 0) is 30.7 Å². The van der Waals surface area contributed by atoms with Gasteiger partial charge in [-0.2, -0.15) is 0 Å². The molecule has 0 unspecified atom stereocenters. The van der Waals surface area contributed by atoms with Crippen molar-refractivity contribution in [1.82, 2.24) is 14.9 Å². The first-order chi connectivity index (χ1) is 12.1. The minimum Gasteiger partial charge on any atom is -0.375 e. The van der Waals surface area contributed by atoms with Crippen molar-refractivity contribution in [3.63, 3.8) is 0 Å². The summed E-state index contributed by atoms with van der Waals surface area (Å²) in [4.78, 5) is 21.8. The maximum Gasteiger partial charge on any atom is 0.261 e. The summed E-state index contributed by atoms with van der Waals surface area (Å²) in [5, 5.41) is 0. The highest BCUT2D eigenvalue weighted by molar-refractivity contribution is 5.22. The standard InChI is InChI=1S/C18H21F2N3O2/c19-16(20)12-25-9-7-17-21-15-6-8-23(11-14(15)18(24)22-17)10-13-4-2-1-3-5-13/h1-5,16H,6-12H2,(H,21,22,24). The van der Waals surface area contributed by atoms with E-state index in [4.69, 9.17) is 4.74 Å². The molecule has 5 nitrogen and oxygen atoms in total. The molecule has 0 spiro atoms. The zero-order valence-electron chi connectivity index (χ0n) is 13.9. The van der Waals surface area contributed by atoms with Crippen molar-refractivity contribution < 1.29 is 13.5 Å². The van der Waals surface area contributed by atoms with Crippen LogP contribution in [0.4, 0.5) is 8.78 Å². The molecule has 2 aromatic rings. The van der Waals surface area contributed by atoms with Crippen LogP contribution in [0.25, 0.3) is 0 Å². The number of aromatic amines is 1. The van der Waals surface area contributed by atoms with Gasteiger partial charge in [0.05, 0.1) is 17.9 Å². The summed E-state index contributed by atoms with van der Waals surface area (Å²) in [5.41, 5.74) is 2.56. The SMILES string of the molecule is O=c1[nH]c(CCOCC(F)F)nc2c1CN(Cc1ccccc1)CC2. The molecule has 0 saturated heterocycles. The molecule has 1 N–H and O–H groups in total. The molecule has 0 saturated carbocycles. The van der Waals surface area contributed by atoms with Crippen LogP contribution in [-0.4, -0.2) is 41.1 Å². The van der Waals surface area contributed by atoms with Gasteiger partial charge in [-0.15, -0.1) is 0 Å². The minimum atomic E-state index is -2.48. The molecule has 0 bridgehead atoms. The van der Waals surface area contributed by atoms with Crippen LogP contribution in [0.5, 0.6) is 0 Å². The van der Waals surface area contributed by atoms with Crippen molar-refractivity contribution in [1.29, 1.82) is 0 Å². The van der Waals surface area contributed by atoms with Crippen LogP contribution < -0.4 is 5.56 Å². The molecule has 0 fully saturated rings. The van der Waals surface area contributed by atoms with Crippen LogP contribution in [0, 0.1) is 0 Å². The first-order valence-corrected chi connectivity index (χ1v) is 8.35. The van der Waals surface area contributed by atoms with Gasteiger partial charge in [0, 0.05) is 32.5 Å². The molecule has 1 aromatic heterocycles. The molecular weight excluding hydrogens is 328 g/mol. The maximum atomic E-state index is 12.3. The highest BCUT2D eigenvalue weighted by atomic mass is 19.3. The third kappa shape index (κ3) is 4.93. The average Bonchev–Trinajstić information content (AvgIpc) is 2.60. The Morgan fingerprint density at radius 2 is 2.08 bits per heavy atom. The molecule has 2 heterocycles. The third-order valence-corrected chi connectivity index (χ3v) is 4.17. The lowest BCUT2D eigenvalue weighted by molar-refractivity contribution is 0.0182. The Labute approximate surface area is 144 Å². The molecular formula is C18H21F2N3O2. The molecule has 0 amide bonds. The predicted molar refractivity (Wildman–Crippen MR) is 89.6 cm³/mol. The summed E-state index contributed by atoms with van der Waals surface area (Å²) in [5.74, 6) is 0.495. The summed E-state index contributed by atoms with van der Waals surface area (Å²) in [7, 11) is 0. The van der Waals surface area contributed by atoms with Crippen LogP contribution in [0.15, 0.2) is 35.1 Å². The Hall–Kier alpha value is -2.12. The monoisotopic (exact) mass is 349 g/mol. The average molecular weight is 349 g/mol. The van der Waals surface area contributed by atoms with Gasteiger partial charge in [-0.05, 0) is 5.56 Å². The molecule has 1 aliphatic rings. The lowest BCUT2D eigenvalue weighted by Gasteiger charge is -2.27. The zero-order valence-corrected chi connectivity index (χ0v) is 13.9. The minimum absolute atomic E-state index is 0.117. The summed E-state index contributed by atoms with van der Waals surface area (Å²) in [6.07, 6.45) is -1.45. The Morgan fingerprint density at radius 3 is 2.84 bits per heavy atom. The second kappa shape index (κ2) is 8.31. The van der Waals surface area contributed by atoms with Gasteiger partial charge in [0.25, 0.3) is 12.0 Å². The Bertz CT molecular complexity index is 750. The summed E-state index contributed by atoms with van der Waals surface area (Å²) < 4.78 is 28.9. The molecule has 0 atom stereocenters. The van der Waals surface area contributed by atoms with E-state index in [1.54, 1.807) is 0 Å². The van der Waals surface area contributed by atoms with Gasteiger partial charge in [-0.3, -0.25) is 9.69 Å². The van der Waals surface area contributed by atoms with Crippen LogP contribution in [0.2, 0.25) is 0 Å². The van der Waals surface area contributed by atoms with Gasteiger partial charge in [0.2, 0.25) is 0 Å². The number of fused-ring (bicyclic) bond motifs is 1. The summed E-state index contributed by atoms with van der Waals surface area (Å²) in [6.45, 7) is 1.72. The number of ether oxygens (including phenoxy) is 1. The van der Waals surface area contributed by atoms with Crippen molar-refractivity contribution in [3.05, 3.63) is 63.3 Å². The third-order valence-electron chi connectivity index (χ3n) is 4.17. The van der Waals surface area contributed by atoms with E-state index in [1.165, 1.54) is 5.56 Å². The molecule has 3 rings (SSSR count). The van der Waals surface area contributed by atoms with E-state index in [-0.39, 0.29) is 12.2 Å². The number of hydrogen-bond donors (Lipinski definition) is 1. The molecule has 134 valence electrons. The second-order valence-electron chi connectivity index (χ2n) is 6.10. The lowest BCUT2D eigenvalue weighted by atomic mass is 10.1. The normalized spacial score (nSPS) is 14.7. The number of rotatable bonds is 7. The van der Waals surface area contributed by atoms with Gasteiger partial charge in [-0.1, -0.05) is 30.3 Å². The number of aromatic nitrogens is 2. The second-order valence-corrected chi connectivity index (χ2v) is 6.10. The first kappa shape index (κ1) is 17.7. The zero-order chi connectivity index (χ0) is 17.6. The molecule has 0 radical (unpaired) electrons. The molecule has 1 aliphatic heterocycles. The smallest absolute Gasteiger partial charge is 0.261 e. The Kier molecular flexibility index (Phi) is 5.88. The number of hydrogen-bond acceptors (Lipinski definition) is 4. The summed E-state index contributed by atoms with van der Waals surface area (Å²) in [6, 6.07) is 10.1. The summed E-state index contributed by atoms with van der Waals surface area (Å²) >= 11 is 0. The number of benzene rings is 1. The van der Waals surface area contributed by atoms with E-state index in [9.17, 15) is 13.6 Å². The fraction of sp³-hybridized carbons (Fsp3) is 0.444. The van der Waals surface area contributed by atoms with Crippen LogP contribution >= 0.6 is 0 Å². The fourth-order valence-corrected chi connectivity index (χ4v) is 2.97.